The van der Waals surface area contributed by atoms with E-state index in [2.05, 4.69) is 15.6 Å². The van der Waals surface area contributed by atoms with E-state index >= 15 is 0 Å². The number of amides is 1. The van der Waals surface area contributed by atoms with Crippen LogP contribution in [0.1, 0.15) is 25.8 Å². The summed E-state index contributed by atoms with van der Waals surface area (Å²) in [5.74, 6) is -0.0654. The molecular weight excluding hydrogens is 403 g/mol. The lowest BCUT2D eigenvalue weighted by Gasteiger charge is -2.13. The number of hydrogen-bond donors (Lipinski definition) is 2. The molecule has 9 nitrogen and oxygen atoms in total. The van der Waals surface area contributed by atoms with E-state index in [1.165, 1.54) is 23.7 Å². The number of hydrogen-bond acceptors (Lipinski definition) is 5. The van der Waals surface area contributed by atoms with Crippen molar-refractivity contribution < 1.29 is 9.18 Å². The summed E-state index contributed by atoms with van der Waals surface area (Å²) >= 11 is 0. The number of halogens is 1. The molecule has 2 N–H and O–H groups in total. The standard InChI is InChI=1S/C21H27FN6O3/c1-5-13(2)18(29)23-10-11-24-20-25-17-16(19(30)27(4)21(31)26(17)3)28(20)12-14-6-8-15(22)9-7-14/h6-9,13H,5,10-12H2,1-4H3,(H,23,29)(H,24,25). The van der Waals surface area contributed by atoms with Gasteiger partial charge in [0.15, 0.2) is 11.2 Å². The normalized spacial score (nSPS) is 12.2. The summed E-state index contributed by atoms with van der Waals surface area (Å²) in [5, 5.41) is 5.99. The minimum atomic E-state index is -0.476. The first kappa shape index (κ1) is 22.3. The van der Waals surface area contributed by atoms with Crippen LogP contribution in [0.4, 0.5) is 10.3 Å². The number of benzene rings is 1. The van der Waals surface area contributed by atoms with Gasteiger partial charge in [-0.05, 0) is 24.1 Å². The Morgan fingerprint density at radius 3 is 2.45 bits per heavy atom. The van der Waals surface area contributed by atoms with Gasteiger partial charge in [-0.15, -0.1) is 0 Å². The highest BCUT2D eigenvalue weighted by molar-refractivity contribution is 5.78. The van der Waals surface area contributed by atoms with Gasteiger partial charge in [-0.2, -0.15) is 4.98 Å². The van der Waals surface area contributed by atoms with E-state index in [1.807, 2.05) is 13.8 Å². The molecule has 1 amide bonds. The SMILES string of the molecule is CCC(C)C(=O)NCCNc1nc2c(c(=O)n(C)c(=O)n2C)n1Cc1ccc(F)cc1. The van der Waals surface area contributed by atoms with Crippen molar-refractivity contribution in [3.05, 3.63) is 56.5 Å². The average Bonchev–Trinajstić information content (AvgIpc) is 3.12. The fourth-order valence-corrected chi connectivity index (χ4v) is 3.23. The fourth-order valence-electron chi connectivity index (χ4n) is 3.23. The minimum Gasteiger partial charge on any atom is -0.354 e. The van der Waals surface area contributed by atoms with Gasteiger partial charge in [0.25, 0.3) is 5.56 Å². The van der Waals surface area contributed by atoms with Gasteiger partial charge in [0.05, 0.1) is 6.54 Å². The molecule has 3 rings (SSSR count). The number of aryl methyl sites for hydroxylation is 1. The van der Waals surface area contributed by atoms with Crippen molar-refractivity contribution in [2.75, 3.05) is 18.4 Å². The second kappa shape index (κ2) is 9.15. The molecule has 0 saturated heterocycles. The van der Waals surface area contributed by atoms with Crippen LogP contribution >= 0.6 is 0 Å². The topological polar surface area (TPSA) is 103 Å². The Balaban J connectivity index is 1.95. The molecule has 1 atom stereocenters. The van der Waals surface area contributed by atoms with Crippen LogP contribution < -0.4 is 21.9 Å². The summed E-state index contributed by atoms with van der Waals surface area (Å²) in [5.41, 5.74) is 0.341. The van der Waals surface area contributed by atoms with Crippen LogP contribution in [0.3, 0.4) is 0 Å². The zero-order valence-electron chi connectivity index (χ0n) is 18.1. The van der Waals surface area contributed by atoms with Gasteiger partial charge in [-0.25, -0.2) is 9.18 Å². The van der Waals surface area contributed by atoms with Crippen LogP contribution in [0, 0.1) is 11.7 Å². The van der Waals surface area contributed by atoms with Gasteiger partial charge in [0, 0.05) is 33.1 Å². The molecule has 1 aromatic carbocycles. The Bertz CT molecular complexity index is 1210. The van der Waals surface area contributed by atoms with E-state index in [4.69, 9.17) is 0 Å². The van der Waals surface area contributed by atoms with Crippen molar-refractivity contribution in [3.8, 4) is 0 Å². The summed E-state index contributed by atoms with van der Waals surface area (Å²) in [4.78, 5) is 41.6. The summed E-state index contributed by atoms with van der Waals surface area (Å²) in [6.45, 7) is 4.82. The number of fused-ring (bicyclic) bond motifs is 1. The fraction of sp³-hybridized carbons (Fsp3) is 0.429. The third kappa shape index (κ3) is 4.52. The van der Waals surface area contributed by atoms with Gasteiger partial charge < -0.3 is 10.6 Å². The largest absolute Gasteiger partial charge is 0.354 e. The Hall–Kier alpha value is -3.43. The van der Waals surface area contributed by atoms with Crippen LogP contribution in [0.5, 0.6) is 0 Å². The van der Waals surface area contributed by atoms with Gasteiger partial charge in [0.2, 0.25) is 11.9 Å². The van der Waals surface area contributed by atoms with Crippen LogP contribution in [0.25, 0.3) is 11.2 Å². The summed E-state index contributed by atoms with van der Waals surface area (Å²) in [6, 6.07) is 5.95. The van der Waals surface area contributed by atoms with Crippen LogP contribution in [-0.2, 0) is 25.4 Å². The van der Waals surface area contributed by atoms with E-state index in [9.17, 15) is 18.8 Å². The third-order valence-electron chi connectivity index (χ3n) is 5.37. The molecule has 0 spiro atoms. The number of imidazole rings is 1. The molecule has 166 valence electrons. The first-order chi connectivity index (χ1) is 14.7. The van der Waals surface area contributed by atoms with Crippen molar-refractivity contribution in [2.24, 2.45) is 20.0 Å². The molecule has 0 aliphatic heterocycles. The van der Waals surface area contributed by atoms with Crippen molar-refractivity contribution in [1.82, 2.24) is 24.0 Å². The average molecular weight is 430 g/mol. The van der Waals surface area contributed by atoms with E-state index < -0.39 is 11.2 Å². The van der Waals surface area contributed by atoms with Crippen LogP contribution in [0.2, 0.25) is 0 Å². The molecule has 3 aromatic rings. The quantitative estimate of drug-likeness (QED) is 0.523. The maximum Gasteiger partial charge on any atom is 0.332 e. The minimum absolute atomic E-state index is 0.0274. The Labute approximate surface area is 178 Å². The number of nitrogens with one attached hydrogen (secondary N) is 2. The molecule has 0 saturated carbocycles. The molecule has 2 heterocycles. The molecule has 10 heteroatoms. The second-order valence-corrected chi connectivity index (χ2v) is 7.55. The molecule has 0 aliphatic carbocycles. The van der Waals surface area contributed by atoms with Gasteiger partial charge in [-0.1, -0.05) is 26.0 Å². The van der Waals surface area contributed by atoms with E-state index in [0.717, 1.165) is 16.6 Å². The molecule has 0 radical (unpaired) electrons. The Kier molecular flexibility index (Phi) is 6.57. The summed E-state index contributed by atoms with van der Waals surface area (Å²) < 4.78 is 17.3. The molecule has 1 unspecified atom stereocenters. The lowest BCUT2D eigenvalue weighted by atomic mass is 10.1. The highest BCUT2D eigenvalue weighted by Crippen LogP contribution is 2.18. The maximum absolute atomic E-state index is 13.3. The first-order valence-electron chi connectivity index (χ1n) is 10.2. The van der Waals surface area contributed by atoms with Crippen LogP contribution in [-0.4, -0.2) is 37.7 Å². The highest BCUT2D eigenvalue weighted by atomic mass is 19.1. The zero-order valence-corrected chi connectivity index (χ0v) is 18.1. The maximum atomic E-state index is 13.3. The lowest BCUT2D eigenvalue weighted by molar-refractivity contribution is -0.124. The van der Waals surface area contributed by atoms with Crippen molar-refractivity contribution in [3.63, 3.8) is 0 Å². The Morgan fingerprint density at radius 1 is 1.13 bits per heavy atom. The smallest absolute Gasteiger partial charge is 0.332 e. The molecule has 0 aliphatic rings. The summed E-state index contributed by atoms with van der Waals surface area (Å²) in [7, 11) is 2.96. The molecule has 31 heavy (non-hydrogen) atoms. The molecule has 0 fully saturated rings. The molecular formula is C21H27FN6O3. The Morgan fingerprint density at radius 2 is 1.81 bits per heavy atom. The number of carbonyl (C=O) groups is 1. The number of anilines is 1. The number of rotatable bonds is 8. The zero-order chi connectivity index (χ0) is 22.7. The van der Waals surface area contributed by atoms with E-state index in [1.54, 1.807) is 23.7 Å². The van der Waals surface area contributed by atoms with Gasteiger partial charge >= 0.3 is 5.69 Å². The molecule has 2 aromatic heterocycles. The number of aromatic nitrogens is 4. The van der Waals surface area contributed by atoms with Gasteiger partial charge in [0.1, 0.15) is 5.82 Å². The van der Waals surface area contributed by atoms with E-state index in [-0.39, 0.29) is 35.4 Å². The van der Waals surface area contributed by atoms with Crippen molar-refractivity contribution in [1.29, 1.82) is 0 Å². The van der Waals surface area contributed by atoms with Crippen molar-refractivity contribution >= 4 is 23.0 Å². The van der Waals surface area contributed by atoms with Crippen LogP contribution in [0.15, 0.2) is 33.9 Å². The predicted molar refractivity (Wildman–Crippen MR) is 117 cm³/mol. The lowest BCUT2D eigenvalue weighted by Crippen LogP contribution is -2.37. The number of carbonyl (C=O) groups excluding carboxylic acids is 1. The van der Waals surface area contributed by atoms with E-state index in [0.29, 0.717) is 19.0 Å². The van der Waals surface area contributed by atoms with Crippen molar-refractivity contribution in [2.45, 2.75) is 26.8 Å². The predicted octanol–water partition coefficient (Wildman–Crippen LogP) is 1.20. The third-order valence-corrected chi connectivity index (χ3v) is 5.37. The van der Waals surface area contributed by atoms with Gasteiger partial charge in [-0.3, -0.25) is 23.3 Å². The monoisotopic (exact) mass is 430 g/mol. The highest BCUT2D eigenvalue weighted by Gasteiger charge is 2.19. The first-order valence-corrected chi connectivity index (χ1v) is 10.2. The molecule has 0 bridgehead atoms. The summed E-state index contributed by atoms with van der Waals surface area (Å²) in [6.07, 6.45) is 0.754. The number of nitrogens with zero attached hydrogens (tertiary/aromatic N) is 4. The second-order valence-electron chi connectivity index (χ2n) is 7.55.